The van der Waals surface area contributed by atoms with Gasteiger partial charge in [0.05, 0.1) is 12.8 Å². The third-order valence-corrected chi connectivity index (χ3v) is 4.33. The van der Waals surface area contributed by atoms with Crippen LogP contribution in [0, 0.1) is 5.82 Å². The average Bonchev–Trinajstić information content (AvgIpc) is 2.90. The summed E-state index contributed by atoms with van der Waals surface area (Å²) in [6.45, 7) is 1.49. The van der Waals surface area contributed by atoms with Crippen LogP contribution >= 0.6 is 0 Å². The first-order chi connectivity index (χ1) is 11.0. The third-order valence-electron chi connectivity index (χ3n) is 4.33. The molecule has 2 aliphatic rings. The van der Waals surface area contributed by atoms with Crippen LogP contribution in [0.25, 0.3) is 5.70 Å². The van der Waals surface area contributed by atoms with E-state index >= 15 is 0 Å². The SMILES string of the molecule is COc1c(F)cccc1/C(N)=C/C1=C(N)NCC2CC(N)CN12. The fraction of sp³-hybridized carbons (Fsp3) is 0.375. The summed E-state index contributed by atoms with van der Waals surface area (Å²) in [5.41, 5.74) is 20.0. The number of methoxy groups -OCH3 is 1. The van der Waals surface area contributed by atoms with Crippen LogP contribution in [-0.2, 0) is 0 Å². The first-order valence-corrected chi connectivity index (χ1v) is 7.57. The van der Waals surface area contributed by atoms with E-state index in [4.69, 9.17) is 21.9 Å². The summed E-state index contributed by atoms with van der Waals surface area (Å²) in [6, 6.07) is 5.06. The van der Waals surface area contributed by atoms with E-state index in [0.29, 0.717) is 23.1 Å². The minimum absolute atomic E-state index is 0.112. The Hall–Kier alpha value is -2.41. The molecule has 2 aliphatic heterocycles. The number of para-hydroxylation sites is 1. The molecule has 0 amide bonds. The van der Waals surface area contributed by atoms with Crippen molar-refractivity contribution >= 4 is 5.70 Å². The van der Waals surface area contributed by atoms with Crippen LogP contribution in [0.4, 0.5) is 4.39 Å². The highest BCUT2D eigenvalue weighted by atomic mass is 19.1. The van der Waals surface area contributed by atoms with Crippen molar-refractivity contribution < 1.29 is 9.13 Å². The molecule has 0 aromatic heterocycles. The highest BCUT2D eigenvalue weighted by Gasteiger charge is 2.34. The minimum Gasteiger partial charge on any atom is -0.493 e. The molecule has 0 radical (unpaired) electrons. The maximum Gasteiger partial charge on any atom is 0.165 e. The normalized spacial score (nSPS) is 24.5. The molecule has 2 unspecified atom stereocenters. The lowest BCUT2D eigenvalue weighted by Gasteiger charge is -2.34. The van der Waals surface area contributed by atoms with Gasteiger partial charge in [0.25, 0.3) is 0 Å². The number of allylic oxidation sites excluding steroid dienone is 1. The summed E-state index contributed by atoms with van der Waals surface area (Å²) in [4.78, 5) is 2.16. The molecule has 0 bridgehead atoms. The predicted molar refractivity (Wildman–Crippen MR) is 87.4 cm³/mol. The largest absolute Gasteiger partial charge is 0.493 e. The van der Waals surface area contributed by atoms with Gasteiger partial charge in [-0.3, -0.25) is 0 Å². The molecule has 0 spiro atoms. The van der Waals surface area contributed by atoms with Gasteiger partial charge < -0.3 is 32.2 Å². The Balaban J connectivity index is 1.98. The molecule has 124 valence electrons. The van der Waals surface area contributed by atoms with Crippen molar-refractivity contribution in [2.75, 3.05) is 20.2 Å². The molecule has 0 aliphatic carbocycles. The van der Waals surface area contributed by atoms with E-state index in [2.05, 4.69) is 10.2 Å². The van der Waals surface area contributed by atoms with Gasteiger partial charge in [0.2, 0.25) is 0 Å². The number of benzene rings is 1. The van der Waals surface area contributed by atoms with Crippen LogP contribution in [0.3, 0.4) is 0 Å². The molecule has 23 heavy (non-hydrogen) atoms. The molecule has 1 fully saturated rings. The summed E-state index contributed by atoms with van der Waals surface area (Å²) in [6.07, 6.45) is 2.66. The molecule has 7 N–H and O–H groups in total. The van der Waals surface area contributed by atoms with Gasteiger partial charge in [-0.1, -0.05) is 6.07 Å². The van der Waals surface area contributed by atoms with Gasteiger partial charge >= 0.3 is 0 Å². The van der Waals surface area contributed by atoms with Crippen LogP contribution in [0.2, 0.25) is 0 Å². The highest BCUT2D eigenvalue weighted by molar-refractivity contribution is 5.70. The highest BCUT2D eigenvalue weighted by Crippen LogP contribution is 2.30. The van der Waals surface area contributed by atoms with E-state index in [1.807, 2.05) is 0 Å². The first-order valence-electron chi connectivity index (χ1n) is 7.57. The zero-order valence-electron chi connectivity index (χ0n) is 13.1. The predicted octanol–water partition coefficient (Wildman–Crippen LogP) is 0.267. The van der Waals surface area contributed by atoms with Crippen LogP contribution in [0.1, 0.15) is 12.0 Å². The standard InChI is InChI=1S/C16H22FN5O/c1-23-15-11(3-2-4-12(15)17)13(19)6-14-16(20)21-7-10-5-9(18)8-22(10)14/h2-4,6,9-10,21H,5,7-8,18-20H2,1H3/b13-6-. The number of nitrogens with one attached hydrogen (secondary N) is 1. The topological polar surface area (TPSA) is 103 Å². The second kappa shape index (κ2) is 6.00. The van der Waals surface area contributed by atoms with Crippen molar-refractivity contribution in [3.63, 3.8) is 0 Å². The Morgan fingerprint density at radius 3 is 3.00 bits per heavy atom. The van der Waals surface area contributed by atoms with Crippen molar-refractivity contribution in [2.24, 2.45) is 17.2 Å². The summed E-state index contributed by atoms with van der Waals surface area (Å²) < 4.78 is 19.0. The lowest BCUT2D eigenvalue weighted by atomic mass is 10.1. The number of ether oxygens (including phenoxy) is 1. The smallest absolute Gasteiger partial charge is 0.165 e. The van der Waals surface area contributed by atoms with Crippen molar-refractivity contribution in [1.82, 2.24) is 10.2 Å². The number of nitrogens with two attached hydrogens (primary N) is 3. The summed E-state index contributed by atoms with van der Waals surface area (Å²) in [5, 5.41) is 3.18. The quantitative estimate of drug-likeness (QED) is 0.638. The maximum atomic E-state index is 13.8. The van der Waals surface area contributed by atoms with E-state index in [1.54, 1.807) is 18.2 Å². The summed E-state index contributed by atoms with van der Waals surface area (Å²) in [5.74, 6) is 0.221. The molecular weight excluding hydrogens is 297 g/mol. The Labute approximate surface area is 134 Å². The monoisotopic (exact) mass is 319 g/mol. The van der Waals surface area contributed by atoms with Crippen molar-refractivity contribution in [3.05, 3.63) is 47.2 Å². The molecule has 1 saturated heterocycles. The number of hydrogen-bond acceptors (Lipinski definition) is 6. The molecule has 7 heteroatoms. The van der Waals surface area contributed by atoms with E-state index in [1.165, 1.54) is 13.2 Å². The Morgan fingerprint density at radius 1 is 1.48 bits per heavy atom. The van der Waals surface area contributed by atoms with Gasteiger partial charge in [0.1, 0.15) is 5.82 Å². The number of fused-ring (bicyclic) bond motifs is 1. The Kier molecular flexibility index (Phi) is 4.04. The zero-order valence-corrected chi connectivity index (χ0v) is 13.1. The average molecular weight is 319 g/mol. The minimum atomic E-state index is -0.453. The second-order valence-corrected chi connectivity index (χ2v) is 5.90. The van der Waals surface area contributed by atoms with Crippen molar-refractivity contribution in [2.45, 2.75) is 18.5 Å². The fourth-order valence-electron chi connectivity index (χ4n) is 3.24. The molecular formula is C16H22FN5O. The number of halogens is 1. The van der Waals surface area contributed by atoms with Gasteiger partial charge in [0.15, 0.2) is 11.6 Å². The maximum absolute atomic E-state index is 13.8. The molecule has 1 aromatic carbocycles. The van der Waals surface area contributed by atoms with Crippen LogP contribution in [-0.4, -0.2) is 37.2 Å². The van der Waals surface area contributed by atoms with Crippen LogP contribution in [0.5, 0.6) is 5.75 Å². The summed E-state index contributed by atoms with van der Waals surface area (Å²) in [7, 11) is 1.42. The third kappa shape index (κ3) is 2.79. The number of rotatable bonds is 3. The number of nitrogens with zero attached hydrogens (tertiary/aromatic N) is 1. The molecule has 2 atom stereocenters. The first kappa shape index (κ1) is 15.5. The Morgan fingerprint density at radius 2 is 2.26 bits per heavy atom. The fourth-order valence-corrected chi connectivity index (χ4v) is 3.24. The molecule has 2 heterocycles. The zero-order chi connectivity index (χ0) is 16.6. The second-order valence-electron chi connectivity index (χ2n) is 5.90. The lowest BCUT2D eigenvalue weighted by molar-refractivity contribution is 0.295. The van der Waals surface area contributed by atoms with E-state index in [-0.39, 0.29) is 11.8 Å². The molecule has 3 rings (SSSR count). The lowest BCUT2D eigenvalue weighted by Crippen LogP contribution is -2.45. The van der Waals surface area contributed by atoms with Crippen molar-refractivity contribution in [3.8, 4) is 5.75 Å². The molecule has 0 saturated carbocycles. The van der Waals surface area contributed by atoms with E-state index < -0.39 is 5.82 Å². The van der Waals surface area contributed by atoms with Gasteiger partial charge in [-0.2, -0.15) is 0 Å². The van der Waals surface area contributed by atoms with Crippen molar-refractivity contribution in [1.29, 1.82) is 0 Å². The van der Waals surface area contributed by atoms with Gasteiger partial charge in [-0.05, 0) is 24.6 Å². The van der Waals surface area contributed by atoms with Crippen LogP contribution in [0.15, 0.2) is 35.8 Å². The summed E-state index contributed by atoms with van der Waals surface area (Å²) >= 11 is 0. The van der Waals surface area contributed by atoms with E-state index in [9.17, 15) is 4.39 Å². The van der Waals surface area contributed by atoms with E-state index in [0.717, 1.165) is 25.2 Å². The number of hydrogen-bond donors (Lipinski definition) is 4. The molecule has 1 aromatic rings. The Bertz CT molecular complexity index is 672. The van der Waals surface area contributed by atoms with Gasteiger partial charge in [-0.25, -0.2) is 4.39 Å². The molecule has 6 nitrogen and oxygen atoms in total. The van der Waals surface area contributed by atoms with Crippen LogP contribution < -0.4 is 27.3 Å². The van der Waals surface area contributed by atoms with Gasteiger partial charge in [-0.15, -0.1) is 0 Å². The van der Waals surface area contributed by atoms with Gasteiger partial charge in [0, 0.05) is 36.4 Å².